The van der Waals surface area contributed by atoms with Crippen LogP contribution >= 0.6 is 23.5 Å². The molecule has 3 unspecified atom stereocenters. The molecule has 1 aromatic carbocycles. The summed E-state index contributed by atoms with van der Waals surface area (Å²) < 4.78 is 0. The van der Waals surface area contributed by atoms with Crippen LogP contribution < -0.4 is 5.32 Å². The molecule has 2 nitrogen and oxygen atoms in total. The fraction of sp³-hybridized carbons (Fsp3) is 0.548. The Bertz CT molecular complexity index is 1010. The van der Waals surface area contributed by atoms with Gasteiger partial charge in [-0.1, -0.05) is 56.7 Å². The summed E-state index contributed by atoms with van der Waals surface area (Å²) in [4.78, 5) is 2.44. The van der Waals surface area contributed by atoms with Gasteiger partial charge in [0, 0.05) is 34.6 Å². The van der Waals surface area contributed by atoms with Crippen LogP contribution in [0.5, 0.6) is 0 Å². The molecule has 4 rings (SSSR count). The van der Waals surface area contributed by atoms with Gasteiger partial charge < -0.3 is 10.2 Å². The molecule has 1 aliphatic carbocycles. The molecule has 35 heavy (non-hydrogen) atoms. The molecule has 0 radical (unpaired) electrons. The van der Waals surface area contributed by atoms with Gasteiger partial charge in [-0.15, -0.1) is 11.8 Å². The minimum Gasteiger partial charge on any atom is -0.381 e. The first-order valence-corrected chi connectivity index (χ1v) is 15.7. The van der Waals surface area contributed by atoms with Gasteiger partial charge in [0.1, 0.15) is 5.37 Å². The number of thioether (sulfide) groups is 2. The monoisotopic (exact) mass is 508 g/mol. The summed E-state index contributed by atoms with van der Waals surface area (Å²) in [5.41, 5.74) is 12.0. The molecule has 1 N–H and O–H groups in total. The molecule has 4 heteroatoms. The van der Waals surface area contributed by atoms with Gasteiger partial charge in [0.15, 0.2) is 0 Å². The molecule has 3 atom stereocenters. The van der Waals surface area contributed by atoms with Crippen LogP contribution in [0.2, 0.25) is 0 Å². The molecule has 1 aromatic rings. The first kappa shape index (κ1) is 26.5. The molecule has 0 bridgehead atoms. The van der Waals surface area contributed by atoms with Crippen LogP contribution in [0.25, 0.3) is 0 Å². The fourth-order valence-corrected chi connectivity index (χ4v) is 8.78. The van der Waals surface area contributed by atoms with Gasteiger partial charge in [-0.25, -0.2) is 0 Å². The minimum atomic E-state index is 0.328. The number of aryl methyl sites for hydroxylation is 2. The number of nitrogens with zero attached hydrogens (tertiary/aromatic N) is 1. The number of nitrogens with one attached hydrogen (secondary N) is 1. The third kappa shape index (κ3) is 5.91. The third-order valence-corrected chi connectivity index (χ3v) is 10.3. The number of benzene rings is 1. The zero-order valence-electron chi connectivity index (χ0n) is 22.3. The van der Waals surface area contributed by atoms with Crippen molar-refractivity contribution in [2.45, 2.75) is 95.7 Å². The average Bonchev–Trinajstić information content (AvgIpc) is 2.83. The SMILES string of the molecule is C=CNC1C(=C)N2C(C)=C(CSCc3cc(CCCCC)cc(C)c3C3C=C(C)CCC3)CSC12. The van der Waals surface area contributed by atoms with E-state index in [1.807, 2.05) is 11.8 Å². The topological polar surface area (TPSA) is 15.3 Å². The maximum atomic E-state index is 4.33. The van der Waals surface area contributed by atoms with E-state index in [4.69, 9.17) is 0 Å². The van der Waals surface area contributed by atoms with Gasteiger partial charge in [-0.3, -0.25) is 0 Å². The Morgan fingerprint density at radius 1 is 1.20 bits per heavy atom. The normalized spacial score (nSPS) is 24.1. The summed E-state index contributed by atoms with van der Waals surface area (Å²) in [6, 6.07) is 5.37. The lowest BCUT2D eigenvalue weighted by atomic mass is 9.81. The van der Waals surface area contributed by atoms with Crippen molar-refractivity contribution in [1.82, 2.24) is 10.2 Å². The van der Waals surface area contributed by atoms with Crippen LogP contribution in [-0.4, -0.2) is 27.8 Å². The summed E-state index contributed by atoms with van der Waals surface area (Å²) in [6.07, 6.45) is 13.4. The Morgan fingerprint density at radius 3 is 2.77 bits per heavy atom. The number of allylic oxidation sites excluding steroid dienone is 3. The van der Waals surface area contributed by atoms with Crippen LogP contribution in [-0.2, 0) is 12.2 Å². The molecule has 2 heterocycles. The van der Waals surface area contributed by atoms with Crippen molar-refractivity contribution in [2.24, 2.45) is 0 Å². The molecular formula is C31H44N2S2. The Balaban J connectivity index is 1.49. The van der Waals surface area contributed by atoms with Gasteiger partial charge in [-0.2, -0.15) is 11.8 Å². The molecule has 1 saturated heterocycles. The van der Waals surface area contributed by atoms with Gasteiger partial charge >= 0.3 is 0 Å². The Morgan fingerprint density at radius 2 is 2.03 bits per heavy atom. The predicted octanol–water partition coefficient (Wildman–Crippen LogP) is 8.45. The van der Waals surface area contributed by atoms with Crippen LogP contribution in [0.4, 0.5) is 0 Å². The quantitative estimate of drug-likeness (QED) is 0.238. The molecule has 190 valence electrons. The van der Waals surface area contributed by atoms with Crippen LogP contribution in [0, 0.1) is 6.92 Å². The highest BCUT2D eigenvalue weighted by molar-refractivity contribution is 8.00. The van der Waals surface area contributed by atoms with E-state index < -0.39 is 0 Å². The molecule has 0 spiro atoms. The standard InChI is InChI=1S/C31H44N2S2/c1-7-9-10-13-25-16-22(4)29(26-14-11-12-21(3)15-26)27(17-25)18-34-19-28-20-35-31-30(32-8-2)24(6)33(31)23(28)5/h8,15-17,26,30-32H,2,6-7,9-14,18-20H2,1,3-5H3. The van der Waals surface area contributed by atoms with E-state index in [0.29, 0.717) is 17.3 Å². The van der Waals surface area contributed by atoms with Crippen molar-refractivity contribution >= 4 is 23.5 Å². The Hall–Kier alpha value is -1.52. The summed E-state index contributed by atoms with van der Waals surface area (Å²) in [5.74, 6) is 3.92. The van der Waals surface area contributed by atoms with Crippen LogP contribution in [0.1, 0.15) is 87.5 Å². The van der Waals surface area contributed by atoms with E-state index >= 15 is 0 Å². The highest BCUT2D eigenvalue weighted by atomic mass is 32.2. The lowest BCUT2D eigenvalue weighted by molar-refractivity contribution is 0.228. The first-order chi connectivity index (χ1) is 16.9. The van der Waals surface area contributed by atoms with E-state index in [9.17, 15) is 0 Å². The number of unbranched alkanes of at least 4 members (excludes halogenated alkanes) is 2. The van der Waals surface area contributed by atoms with Gasteiger partial charge in [0.05, 0.1) is 6.04 Å². The van der Waals surface area contributed by atoms with E-state index in [1.54, 1.807) is 28.5 Å². The smallest absolute Gasteiger partial charge is 0.105 e. The van der Waals surface area contributed by atoms with Crippen molar-refractivity contribution in [1.29, 1.82) is 0 Å². The fourth-order valence-electron chi connectivity index (χ4n) is 5.98. The Labute approximate surface area is 222 Å². The molecule has 0 saturated carbocycles. The van der Waals surface area contributed by atoms with Crippen molar-refractivity contribution in [3.05, 3.63) is 82.4 Å². The van der Waals surface area contributed by atoms with E-state index in [0.717, 1.165) is 17.3 Å². The predicted molar refractivity (Wildman–Crippen MR) is 158 cm³/mol. The average molecular weight is 509 g/mol. The van der Waals surface area contributed by atoms with Gasteiger partial charge in [-0.05, 0) is 86.9 Å². The lowest BCUT2D eigenvalue weighted by Crippen LogP contribution is -2.61. The Kier molecular flexibility index (Phi) is 9.21. The summed E-state index contributed by atoms with van der Waals surface area (Å²) >= 11 is 4.14. The lowest BCUT2D eigenvalue weighted by Gasteiger charge is -2.54. The second kappa shape index (κ2) is 12.1. The molecule has 3 aliphatic rings. The number of fused-ring (bicyclic) bond motifs is 1. The highest BCUT2D eigenvalue weighted by Crippen LogP contribution is 2.45. The van der Waals surface area contributed by atoms with E-state index in [-0.39, 0.29) is 0 Å². The maximum absolute atomic E-state index is 4.33. The zero-order valence-corrected chi connectivity index (χ0v) is 23.9. The molecule has 0 aromatic heterocycles. The molecule has 2 aliphatic heterocycles. The summed E-state index contributed by atoms with van der Waals surface area (Å²) in [5, 5.41) is 3.83. The largest absolute Gasteiger partial charge is 0.381 e. The van der Waals surface area contributed by atoms with Crippen molar-refractivity contribution in [2.75, 3.05) is 11.5 Å². The minimum absolute atomic E-state index is 0.328. The molecule has 0 amide bonds. The van der Waals surface area contributed by atoms with E-state index in [1.165, 1.54) is 67.5 Å². The highest BCUT2D eigenvalue weighted by Gasteiger charge is 2.45. The van der Waals surface area contributed by atoms with Crippen LogP contribution in [0.3, 0.4) is 0 Å². The second-order valence-electron chi connectivity index (χ2n) is 10.5. The van der Waals surface area contributed by atoms with Crippen molar-refractivity contribution < 1.29 is 0 Å². The number of rotatable bonds is 11. The van der Waals surface area contributed by atoms with Crippen molar-refractivity contribution in [3.63, 3.8) is 0 Å². The maximum Gasteiger partial charge on any atom is 0.105 e. The summed E-state index contributed by atoms with van der Waals surface area (Å²) in [6.45, 7) is 17.4. The first-order valence-electron chi connectivity index (χ1n) is 13.5. The van der Waals surface area contributed by atoms with Crippen molar-refractivity contribution in [3.8, 4) is 0 Å². The van der Waals surface area contributed by atoms with Crippen LogP contribution in [0.15, 0.2) is 60.1 Å². The molecule has 1 fully saturated rings. The third-order valence-electron chi connectivity index (χ3n) is 7.88. The summed E-state index contributed by atoms with van der Waals surface area (Å²) in [7, 11) is 0. The van der Waals surface area contributed by atoms with Gasteiger partial charge in [0.25, 0.3) is 0 Å². The molecular weight excluding hydrogens is 464 g/mol. The van der Waals surface area contributed by atoms with Gasteiger partial charge in [0.2, 0.25) is 0 Å². The number of hydrogen-bond donors (Lipinski definition) is 1. The number of hydrogen-bond acceptors (Lipinski definition) is 4. The van der Waals surface area contributed by atoms with E-state index in [2.05, 4.69) is 81.0 Å². The second-order valence-corrected chi connectivity index (χ2v) is 12.6. The zero-order chi connectivity index (χ0) is 24.9.